The first-order valence-corrected chi connectivity index (χ1v) is 5.40. The number of pyridine rings is 1. The number of carboxylic acids is 1. The molecule has 1 heterocycles. The van der Waals surface area contributed by atoms with Crippen LogP contribution in [0.5, 0.6) is 0 Å². The van der Waals surface area contributed by atoms with E-state index in [-0.39, 0.29) is 11.5 Å². The lowest BCUT2D eigenvalue weighted by Gasteiger charge is -2.09. The number of hydrogen-bond donors (Lipinski definition) is 2. The van der Waals surface area contributed by atoms with E-state index in [2.05, 4.69) is 10.3 Å². The lowest BCUT2D eigenvalue weighted by Crippen LogP contribution is -2.06. The van der Waals surface area contributed by atoms with Gasteiger partial charge in [0.1, 0.15) is 11.4 Å². The predicted octanol–water partition coefficient (Wildman–Crippen LogP) is 3.11. The number of rotatable bonds is 3. The lowest BCUT2D eigenvalue weighted by atomic mass is 10.2. The number of nitrogens with zero attached hydrogens (tertiary/aromatic N) is 1. The molecule has 6 heteroatoms. The molecule has 0 unspecified atom stereocenters. The molecule has 2 aromatic rings. The number of nitrogens with one attached hydrogen (secondary N) is 1. The van der Waals surface area contributed by atoms with Crippen LogP contribution in [0.25, 0.3) is 0 Å². The van der Waals surface area contributed by atoms with Crippen LogP contribution in [0.15, 0.2) is 30.5 Å². The fraction of sp³-hybridized carbons (Fsp3) is 0.0769. The summed E-state index contributed by atoms with van der Waals surface area (Å²) in [6, 6.07) is 5.31. The second-order valence-corrected chi connectivity index (χ2v) is 3.93. The van der Waals surface area contributed by atoms with Crippen molar-refractivity contribution in [1.82, 2.24) is 4.98 Å². The van der Waals surface area contributed by atoms with Crippen molar-refractivity contribution in [2.24, 2.45) is 0 Å². The van der Waals surface area contributed by atoms with Crippen LogP contribution < -0.4 is 5.32 Å². The summed E-state index contributed by atoms with van der Waals surface area (Å²) in [6.07, 6.45) is 1.14. The molecule has 2 rings (SSSR count). The summed E-state index contributed by atoms with van der Waals surface area (Å²) in [4.78, 5) is 14.4. The van der Waals surface area contributed by atoms with Crippen molar-refractivity contribution >= 4 is 17.5 Å². The topological polar surface area (TPSA) is 62.2 Å². The molecule has 0 aliphatic carbocycles. The number of aromatic nitrogens is 1. The molecule has 0 atom stereocenters. The Balaban J connectivity index is 2.41. The Kier molecular flexibility index (Phi) is 3.41. The molecule has 0 fully saturated rings. The summed E-state index contributed by atoms with van der Waals surface area (Å²) < 4.78 is 27.3. The van der Waals surface area contributed by atoms with E-state index < -0.39 is 23.2 Å². The third-order valence-electron chi connectivity index (χ3n) is 2.49. The summed E-state index contributed by atoms with van der Waals surface area (Å²) >= 11 is 0. The van der Waals surface area contributed by atoms with Crippen LogP contribution in [0, 0.1) is 18.6 Å². The van der Waals surface area contributed by atoms with Gasteiger partial charge >= 0.3 is 5.97 Å². The van der Waals surface area contributed by atoms with Crippen molar-refractivity contribution in [2.75, 3.05) is 5.32 Å². The van der Waals surface area contributed by atoms with Gasteiger partial charge in [-0.3, -0.25) is 0 Å². The van der Waals surface area contributed by atoms with E-state index in [0.717, 1.165) is 17.8 Å². The molecule has 0 radical (unpaired) electrons. The van der Waals surface area contributed by atoms with Crippen LogP contribution in [-0.2, 0) is 0 Å². The lowest BCUT2D eigenvalue weighted by molar-refractivity contribution is 0.0692. The van der Waals surface area contributed by atoms with Gasteiger partial charge in [-0.1, -0.05) is 6.07 Å². The molecule has 0 spiro atoms. The Labute approximate surface area is 107 Å². The summed E-state index contributed by atoms with van der Waals surface area (Å²) in [7, 11) is 0. The minimum absolute atomic E-state index is 0.0361. The predicted molar refractivity (Wildman–Crippen MR) is 65.6 cm³/mol. The highest BCUT2D eigenvalue weighted by Crippen LogP contribution is 2.23. The molecule has 4 nitrogen and oxygen atoms in total. The van der Waals surface area contributed by atoms with Gasteiger partial charge in [-0.2, -0.15) is 0 Å². The molecule has 0 saturated carbocycles. The average molecular weight is 264 g/mol. The quantitative estimate of drug-likeness (QED) is 0.894. The maximum atomic E-state index is 13.8. The summed E-state index contributed by atoms with van der Waals surface area (Å²) in [5.74, 6) is -3.35. The molecule has 98 valence electrons. The van der Waals surface area contributed by atoms with Crippen LogP contribution in [0.3, 0.4) is 0 Å². The highest BCUT2D eigenvalue weighted by molar-refractivity contribution is 5.89. The monoisotopic (exact) mass is 264 g/mol. The van der Waals surface area contributed by atoms with E-state index in [0.29, 0.717) is 0 Å². The Morgan fingerprint density at radius 1 is 1.32 bits per heavy atom. The van der Waals surface area contributed by atoms with Crippen LogP contribution in [0.2, 0.25) is 0 Å². The number of aromatic carboxylic acids is 1. The van der Waals surface area contributed by atoms with Crippen molar-refractivity contribution in [3.8, 4) is 0 Å². The minimum atomic E-state index is -1.41. The van der Waals surface area contributed by atoms with Gasteiger partial charge in [0.05, 0.1) is 5.69 Å². The first kappa shape index (κ1) is 12.9. The number of anilines is 2. The van der Waals surface area contributed by atoms with Crippen molar-refractivity contribution in [3.05, 3.63) is 53.2 Å². The molecule has 0 saturated heterocycles. The van der Waals surface area contributed by atoms with Crippen molar-refractivity contribution in [2.45, 2.75) is 6.92 Å². The molecule has 0 aliphatic rings. The zero-order chi connectivity index (χ0) is 14.0. The van der Waals surface area contributed by atoms with Gasteiger partial charge < -0.3 is 10.4 Å². The van der Waals surface area contributed by atoms with Crippen LogP contribution in [-0.4, -0.2) is 16.1 Å². The normalized spacial score (nSPS) is 10.3. The first-order chi connectivity index (χ1) is 8.99. The summed E-state index contributed by atoms with van der Waals surface area (Å²) in [5.41, 5.74) is 0.290. The molecular weight excluding hydrogens is 254 g/mol. The zero-order valence-corrected chi connectivity index (χ0v) is 9.95. The molecule has 1 aromatic carbocycles. The Bertz CT molecular complexity index is 645. The van der Waals surface area contributed by atoms with Gasteiger partial charge in [0.25, 0.3) is 0 Å². The van der Waals surface area contributed by atoms with Gasteiger partial charge in [-0.15, -0.1) is 0 Å². The maximum Gasteiger partial charge on any atom is 0.338 e. The highest BCUT2D eigenvalue weighted by Gasteiger charge is 2.16. The highest BCUT2D eigenvalue weighted by atomic mass is 19.1. The molecule has 19 heavy (non-hydrogen) atoms. The largest absolute Gasteiger partial charge is 0.478 e. The number of hydrogen-bond acceptors (Lipinski definition) is 3. The smallest absolute Gasteiger partial charge is 0.338 e. The molecule has 1 aromatic heterocycles. The summed E-state index contributed by atoms with van der Waals surface area (Å²) in [5, 5.41) is 11.2. The Morgan fingerprint density at radius 2 is 2.05 bits per heavy atom. The second kappa shape index (κ2) is 5.01. The van der Waals surface area contributed by atoms with Gasteiger partial charge in [-0.25, -0.2) is 18.6 Å². The van der Waals surface area contributed by atoms with Crippen LogP contribution in [0.4, 0.5) is 20.3 Å². The first-order valence-electron chi connectivity index (χ1n) is 5.40. The molecule has 0 bridgehead atoms. The third kappa shape index (κ3) is 2.67. The number of benzene rings is 1. The molecule has 0 aliphatic heterocycles. The fourth-order valence-corrected chi connectivity index (χ4v) is 1.56. The average Bonchev–Trinajstić information content (AvgIpc) is 2.36. The Hall–Kier alpha value is -2.50. The van der Waals surface area contributed by atoms with E-state index in [1.165, 1.54) is 12.1 Å². The molecule has 0 amide bonds. The fourth-order valence-electron chi connectivity index (χ4n) is 1.56. The van der Waals surface area contributed by atoms with E-state index in [9.17, 15) is 13.6 Å². The second-order valence-electron chi connectivity index (χ2n) is 3.93. The van der Waals surface area contributed by atoms with Crippen LogP contribution in [0.1, 0.15) is 15.9 Å². The maximum absolute atomic E-state index is 13.8. The van der Waals surface area contributed by atoms with Crippen molar-refractivity contribution in [1.29, 1.82) is 0 Å². The minimum Gasteiger partial charge on any atom is -0.478 e. The summed E-state index contributed by atoms with van der Waals surface area (Å²) in [6.45, 7) is 1.75. The third-order valence-corrected chi connectivity index (χ3v) is 2.49. The van der Waals surface area contributed by atoms with Gasteiger partial charge in [0.2, 0.25) is 0 Å². The molecular formula is C13H10F2N2O2. The van der Waals surface area contributed by atoms with E-state index in [1.54, 1.807) is 13.0 Å². The van der Waals surface area contributed by atoms with Gasteiger partial charge in [0.15, 0.2) is 11.6 Å². The zero-order valence-electron chi connectivity index (χ0n) is 9.95. The number of halogens is 2. The SMILES string of the molecule is Cc1ccc(F)c(Nc2nccc(C(=O)O)c2F)c1. The van der Waals surface area contributed by atoms with Gasteiger partial charge in [0, 0.05) is 6.20 Å². The Morgan fingerprint density at radius 3 is 2.74 bits per heavy atom. The molecule has 2 N–H and O–H groups in total. The number of carboxylic acid groups (broad SMARTS) is 1. The number of carbonyl (C=O) groups is 1. The van der Waals surface area contributed by atoms with E-state index in [1.807, 2.05) is 0 Å². The van der Waals surface area contributed by atoms with Crippen molar-refractivity contribution < 1.29 is 18.7 Å². The van der Waals surface area contributed by atoms with E-state index in [4.69, 9.17) is 5.11 Å². The van der Waals surface area contributed by atoms with E-state index >= 15 is 0 Å². The number of aryl methyl sites for hydroxylation is 1. The van der Waals surface area contributed by atoms with Crippen LogP contribution >= 0.6 is 0 Å². The van der Waals surface area contributed by atoms with Gasteiger partial charge in [-0.05, 0) is 30.7 Å². The standard InChI is InChI=1S/C13H10F2N2O2/c1-7-2-3-9(14)10(6-7)17-12-11(15)8(13(18)19)4-5-16-12/h2-6H,1H3,(H,16,17)(H,18,19). The van der Waals surface area contributed by atoms with Crippen molar-refractivity contribution in [3.63, 3.8) is 0 Å².